The molecule has 0 fully saturated rings. The van der Waals surface area contributed by atoms with Gasteiger partial charge in [-0.1, -0.05) is 44.2 Å². The number of nitrogens with zero attached hydrogens (tertiary/aromatic N) is 3. The van der Waals surface area contributed by atoms with Crippen LogP contribution >= 0.6 is 0 Å². The van der Waals surface area contributed by atoms with Crippen LogP contribution in [0.25, 0.3) is 5.69 Å². The van der Waals surface area contributed by atoms with Gasteiger partial charge in [0.1, 0.15) is 0 Å². The van der Waals surface area contributed by atoms with Gasteiger partial charge < -0.3 is 5.11 Å². The van der Waals surface area contributed by atoms with Crippen LogP contribution < -0.4 is 0 Å². The lowest BCUT2D eigenvalue weighted by molar-refractivity contribution is 0.116. The van der Waals surface area contributed by atoms with E-state index in [1.54, 1.807) is 10.9 Å². The SMILES string of the molecule is CC(C)(C)CC(O)c1cnnn1-c1ccccc1. The number of rotatable bonds is 3. The molecule has 0 saturated heterocycles. The van der Waals surface area contributed by atoms with Gasteiger partial charge in [0.25, 0.3) is 0 Å². The maximum Gasteiger partial charge on any atom is 0.0982 e. The fraction of sp³-hybridized carbons (Fsp3) is 0.429. The van der Waals surface area contributed by atoms with Crippen LogP contribution in [-0.4, -0.2) is 20.1 Å². The minimum absolute atomic E-state index is 0.0607. The molecule has 0 bridgehead atoms. The first-order chi connectivity index (χ1) is 8.47. The largest absolute Gasteiger partial charge is 0.387 e. The molecule has 0 saturated carbocycles. The number of hydrogen-bond donors (Lipinski definition) is 1. The third-order valence-corrected chi connectivity index (χ3v) is 2.72. The highest BCUT2D eigenvalue weighted by atomic mass is 16.3. The van der Waals surface area contributed by atoms with E-state index in [9.17, 15) is 5.11 Å². The Bertz CT molecular complexity index is 499. The molecule has 0 aliphatic heterocycles. The minimum Gasteiger partial charge on any atom is -0.387 e. The topological polar surface area (TPSA) is 50.9 Å². The van der Waals surface area contributed by atoms with E-state index in [-0.39, 0.29) is 5.41 Å². The maximum absolute atomic E-state index is 10.3. The lowest BCUT2D eigenvalue weighted by Gasteiger charge is -2.22. The Kier molecular flexibility index (Phi) is 3.48. The molecule has 1 N–H and O–H groups in total. The van der Waals surface area contributed by atoms with Crippen molar-refractivity contribution in [3.63, 3.8) is 0 Å². The normalized spacial score (nSPS) is 13.6. The third-order valence-electron chi connectivity index (χ3n) is 2.72. The standard InChI is InChI=1S/C14H19N3O/c1-14(2,3)9-13(18)12-10-15-16-17(12)11-7-5-4-6-8-11/h4-8,10,13,18H,9H2,1-3H3. The Morgan fingerprint density at radius 2 is 1.89 bits per heavy atom. The molecule has 1 atom stereocenters. The second-order valence-corrected chi connectivity index (χ2v) is 5.69. The number of aliphatic hydroxyl groups excluding tert-OH is 1. The van der Waals surface area contributed by atoms with Crippen molar-refractivity contribution in [2.75, 3.05) is 0 Å². The first-order valence-corrected chi connectivity index (χ1v) is 6.11. The van der Waals surface area contributed by atoms with E-state index in [2.05, 4.69) is 31.1 Å². The minimum atomic E-state index is -0.555. The van der Waals surface area contributed by atoms with Gasteiger partial charge in [-0.15, -0.1) is 5.10 Å². The smallest absolute Gasteiger partial charge is 0.0982 e. The third kappa shape index (κ3) is 2.96. The Morgan fingerprint density at radius 3 is 2.50 bits per heavy atom. The van der Waals surface area contributed by atoms with Crippen molar-refractivity contribution < 1.29 is 5.11 Å². The highest BCUT2D eigenvalue weighted by molar-refractivity contribution is 5.31. The molecule has 18 heavy (non-hydrogen) atoms. The Balaban J connectivity index is 2.28. The predicted octanol–water partition coefficient (Wildman–Crippen LogP) is 2.74. The lowest BCUT2D eigenvalue weighted by Crippen LogP contribution is -2.14. The average molecular weight is 245 g/mol. The second kappa shape index (κ2) is 4.90. The van der Waals surface area contributed by atoms with E-state index >= 15 is 0 Å². The van der Waals surface area contributed by atoms with Crippen molar-refractivity contribution in [3.8, 4) is 5.69 Å². The van der Waals surface area contributed by atoms with Gasteiger partial charge in [-0.05, 0) is 24.0 Å². The first kappa shape index (κ1) is 12.8. The number of para-hydroxylation sites is 1. The summed E-state index contributed by atoms with van der Waals surface area (Å²) >= 11 is 0. The van der Waals surface area contributed by atoms with Crippen molar-refractivity contribution in [2.24, 2.45) is 5.41 Å². The van der Waals surface area contributed by atoms with Crippen LogP contribution in [0.1, 0.15) is 39.0 Å². The first-order valence-electron chi connectivity index (χ1n) is 6.11. The van der Waals surface area contributed by atoms with Crippen molar-refractivity contribution in [2.45, 2.75) is 33.3 Å². The van der Waals surface area contributed by atoms with Crippen molar-refractivity contribution in [3.05, 3.63) is 42.2 Å². The van der Waals surface area contributed by atoms with Crippen LogP contribution in [0, 0.1) is 5.41 Å². The molecule has 4 nitrogen and oxygen atoms in total. The fourth-order valence-electron chi connectivity index (χ4n) is 1.92. The van der Waals surface area contributed by atoms with Gasteiger partial charge in [-0.25, -0.2) is 4.68 Å². The van der Waals surface area contributed by atoms with Gasteiger partial charge in [0.2, 0.25) is 0 Å². The number of benzene rings is 1. The molecule has 0 amide bonds. The summed E-state index contributed by atoms with van der Waals surface area (Å²) in [5.74, 6) is 0. The Hall–Kier alpha value is -1.68. The summed E-state index contributed by atoms with van der Waals surface area (Å²) in [6.07, 6.45) is 1.75. The van der Waals surface area contributed by atoms with E-state index in [0.717, 1.165) is 11.4 Å². The van der Waals surface area contributed by atoms with Gasteiger partial charge in [0.15, 0.2) is 0 Å². The predicted molar refractivity (Wildman–Crippen MR) is 70.4 cm³/mol. The molecule has 2 aromatic rings. The molecule has 0 spiro atoms. The molecule has 1 aromatic heterocycles. The van der Waals surface area contributed by atoms with Crippen LogP contribution in [0.5, 0.6) is 0 Å². The van der Waals surface area contributed by atoms with Gasteiger partial charge in [-0.2, -0.15) is 0 Å². The lowest BCUT2D eigenvalue weighted by atomic mass is 9.88. The number of aliphatic hydroxyl groups is 1. The highest BCUT2D eigenvalue weighted by Crippen LogP contribution is 2.29. The zero-order valence-corrected chi connectivity index (χ0v) is 11.0. The molecule has 1 unspecified atom stereocenters. The Morgan fingerprint density at radius 1 is 1.22 bits per heavy atom. The van der Waals surface area contributed by atoms with Gasteiger partial charge in [0, 0.05) is 0 Å². The fourth-order valence-corrected chi connectivity index (χ4v) is 1.92. The summed E-state index contributed by atoms with van der Waals surface area (Å²) in [5.41, 5.74) is 1.71. The van der Waals surface area contributed by atoms with Crippen LogP contribution in [0.15, 0.2) is 36.5 Å². The molecule has 0 radical (unpaired) electrons. The summed E-state index contributed by atoms with van der Waals surface area (Å²) in [6, 6.07) is 9.73. The molecular weight excluding hydrogens is 226 g/mol. The number of hydrogen-bond acceptors (Lipinski definition) is 3. The van der Waals surface area contributed by atoms with Crippen LogP contribution in [0.3, 0.4) is 0 Å². The van der Waals surface area contributed by atoms with Crippen LogP contribution in [-0.2, 0) is 0 Å². The molecule has 1 heterocycles. The van der Waals surface area contributed by atoms with Crippen molar-refractivity contribution in [1.82, 2.24) is 15.0 Å². The molecule has 96 valence electrons. The second-order valence-electron chi connectivity index (χ2n) is 5.69. The number of aromatic nitrogens is 3. The monoisotopic (exact) mass is 245 g/mol. The molecule has 4 heteroatoms. The van der Waals surface area contributed by atoms with Gasteiger partial charge in [0.05, 0.1) is 23.7 Å². The maximum atomic E-state index is 10.3. The van der Waals surface area contributed by atoms with E-state index in [1.807, 2.05) is 30.3 Å². The summed E-state index contributed by atoms with van der Waals surface area (Å²) in [7, 11) is 0. The van der Waals surface area contributed by atoms with E-state index in [0.29, 0.717) is 6.42 Å². The van der Waals surface area contributed by atoms with Gasteiger partial charge in [-0.3, -0.25) is 0 Å². The quantitative estimate of drug-likeness (QED) is 0.904. The van der Waals surface area contributed by atoms with E-state index < -0.39 is 6.10 Å². The van der Waals surface area contributed by atoms with Crippen LogP contribution in [0.2, 0.25) is 0 Å². The molecule has 2 rings (SSSR count). The highest BCUT2D eigenvalue weighted by Gasteiger charge is 2.21. The zero-order chi connectivity index (χ0) is 13.2. The molecule has 1 aromatic carbocycles. The molecule has 0 aliphatic carbocycles. The Labute approximate surface area is 107 Å². The zero-order valence-electron chi connectivity index (χ0n) is 11.0. The van der Waals surface area contributed by atoms with E-state index in [1.165, 1.54) is 0 Å². The van der Waals surface area contributed by atoms with Gasteiger partial charge >= 0.3 is 0 Å². The molecular formula is C14H19N3O. The average Bonchev–Trinajstić information content (AvgIpc) is 2.76. The van der Waals surface area contributed by atoms with Crippen molar-refractivity contribution in [1.29, 1.82) is 0 Å². The summed E-state index contributed by atoms with van der Waals surface area (Å²) < 4.78 is 1.69. The molecule has 0 aliphatic rings. The van der Waals surface area contributed by atoms with Crippen molar-refractivity contribution >= 4 is 0 Å². The summed E-state index contributed by atoms with van der Waals surface area (Å²) in [6.45, 7) is 6.31. The summed E-state index contributed by atoms with van der Waals surface area (Å²) in [5, 5.41) is 18.2. The van der Waals surface area contributed by atoms with E-state index in [4.69, 9.17) is 0 Å². The summed E-state index contributed by atoms with van der Waals surface area (Å²) in [4.78, 5) is 0. The van der Waals surface area contributed by atoms with Crippen LogP contribution in [0.4, 0.5) is 0 Å².